The largest absolute Gasteiger partial charge is 0.497 e. The number of hydrogen-bond acceptors (Lipinski definition) is 5. The van der Waals surface area contributed by atoms with Crippen LogP contribution in [0, 0.1) is 0 Å². The van der Waals surface area contributed by atoms with Crippen LogP contribution in [0.25, 0.3) is 10.9 Å². The first kappa shape index (κ1) is 18.4. The van der Waals surface area contributed by atoms with E-state index < -0.39 is 12.0 Å². The maximum absolute atomic E-state index is 13.2. The second kappa shape index (κ2) is 7.10. The quantitative estimate of drug-likeness (QED) is 0.708. The van der Waals surface area contributed by atoms with Crippen molar-refractivity contribution in [2.75, 3.05) is 17.7 Å². The number of methoxy groups -OCH3 is 1. The number of alkyl halides is 3. The van der Waals surface area contributed by atoms with Gasteiger partial charge in [-0.15, -0.1) is 0 Å². The normalized spacial score (nSPS) is 11.3. The fourth-order valence-corrected chi connectivity index (χ4v) is 2.47. The summed E-state index contributed by atoms with van der Waals surface area (Å²) in [6.45, 7) is 1.36. The van der Waals surface area contributed by atoms with Crippen LogP contribution in [0.4, 0.5) is 30.4 Å². The zero-order valence-corrected chi connectivity index (χ0v) is 14.4. The fraction of sp³-hybridized carbons (Fsp3) is 0.167. The van der Waals surface area contributed by atoms with Crippen molar-refractivity contribution >= 4 is 34.0 Å². The Morgan fingerprint density at radius 3 is 2.48 bits per heavy atom. The van der Waals surface area contributed by atoms with Crippen molar-refractivity contribution in [3.05, 3.63) is 48.3 Å². The first-order valence-electron chi connectivity index (χ1n) is 7.84. The minimum Gasteiger partial charge on any atom is -0.497 e. The third-order valence-electron chi connectivity index (χ3n) is 3.60. The Hall–Kier alpha value is -3.36. The highest BCUT2D eigenvalue weighted by atomic mass is 19.4. The van der Waals surface area contributed by atoms with Crippen molar-refractivity contribution in [3.63, 3.8) is 0 Å². The zero-order valence-electron chi connectivity index (χ0n) is 14.4. The summed E-state index contributed by atoms with van der Waals surface area (Å²) < 4.78 is 44.6. The lowest BCUT2D eigenvalue weighted by atomic mass is 10.2. The van der Waals surface area contributed by atoms with Gasteiger partial charge >= 0.3 is 6.18 Å². The first-order valence-corrected chi connectivity index (χ1v) is 7.84. The molecule has 0 fully saturated rings. The minimum atomic E-state index is -4.70. The molecule has 0 saturated heterocycles. The van der Waals surface area contributed by atoms with Gasteiger partial charge < -0.3 is 15.4 Å². The lowest BCUT2D eigenvalue weighted by Gasteiger charge is -2.13. The lowest BCUT2D eigenvalue weighted by molar-refractivity contribution is -0.144. The number of benzene rings is 2. The Balaban J connectivity index is 2.08. The second-order valence-corrected chi connectivity index (χ2v) is 5.66. The van der Waals surface area contributed by atoms with Crippen LogP contribution < -0.4 is 15.4 Å². The van der Waals surface area contributed by atoms with E-state index >= 15 is 0 Å². The molecule has 1 heterocycles. The van der Waals surface area contributed by atoms with Gasteiger partial charge in [-0.05, 0) is 30.3 Å². The van der Waals surface area contributed by atoms with Crippen molar-refractivity contribution in [1.29, 1.82) is 0 Å². The Morgan fingerprint density at radius 1 is 1.07 bits per heavy atom. The molecule has 27 heavy (non-hydrogen) atoms. The van der Waals surface area contributed by atoms with E-state index in [2.05, 4.69) is 20.6 Å². The number of aromatic nitrogens is 2. The van der Waals surface area contributed by atoms with E-state index in [9.17, 15) is 18.0 Å². The molecule has 0 aliphatic rings. The fourth-order valence-electron chi connectivity index (χ4n) is 2.47. The highest BCUT2D eigenvalue weighted by Crippen LogP contribution is 2.33. The topological polar surface area (TPSA) is 76.1 Å². The zero-order chi connectivity index (χ0) is 19.6. The van der Waals surface area contributed by atoms with E-state index in [0.29, 0.717) is 22.5 Å². The van der Waals surface area contributed by atoms with Crippen LogP contribution in [-0.2, 0) is 11.0 Å². The van der Waals surface area contributed by atoms with Crippen molar-refractivity contribution < 1.29 is 22.7 Å². The first-order chi connectivity index (χ1) is 12.8. The number of hydrogen-bond donors (Lipinski definition) is 2. The second-order valence-electron chi connectivity index (χ2n) is 5.66. The average Bonchev–Trinajstić information content (AvgIpc) is 2.60. The van der Waals surface area contributed by atoms with Crippen LogP contribution in [0.5, 0.6) is 5.75 Å². The van der Waals surface area contributed by atoms with Gasteiger partial charge in [-0.1, -0.05) is 6.07 Å². The molecule has 140 valence electrons. The minimum absolute atomic E-state index is 0.00467. The maximum Gasteiger partial charge on any atom is 0.451 e. The van der Waals surface area contributed by atoms with Gasteiger partial charge in [0.25, 0.3) is 0 Å². The molecular weight excluding hydrogens is 361 g/mol. The maximum atomic E-state index is 13.2. The summed E-state index contributed by atoms with van der Waals surface area (Å²) in [5.41, 5.74) is 1.06. The molecule has 6 nitrogen and oxygen atoms in total. The van der Waals surface area contributed by atoms with Gasteiger partial charge in [0.15, 0.2) is 0 Å². The molecule has 0 radical (unpaired) electrons. The number of rotatable bonds is 4. The number of carbonyl (C=O) groups is 1. The van der Waals surface area contributed by atoms with Crippen LogP contribution in [0.1, 0.15) is 12.7 Å². The molecule has 1 amide bonds. The number of amides is 1. The molecule has 0 atom stereocenters. The molecule has 0 spiro atoms. The number of fused-ring (bicyclic) bond motifs is 1. The van der Waals surface area contributed by atoms with Crippen molar-refractivity contribution in [3.8, 4) is 5.75 Å². The average molecular weight is 376 g/mol. The van der Waals surface area contributed by atoms with E-state index in [-0.39, 0.29) is 17.2 Å². The monoisotopic (exact) mass is 376 g/mol. The summed E-state index contributed by atoms with van der Waals surface area (Å²) in [4.78, 5) is 18.4. The van der Waals surface area contributed by atoms with Crippen molar-refractivity contribution in [2.45, 2.75) is 13.1 Å². The van der Waals surface area contributed by atoms with Crippen molar-refractivity contribution in [2.24, 2.45) is 0 Å². The highest BCUT2D eigenvalue weighted by Gasteiger charge is 2.35. The molecule has 2 aromatic carbocycles. The number of anilines is 3. The summed E-state index contributed by atoms with van der Waals surface area (Å²) >= 11 is 0. The molecule has 3 rings (SSSR count). The Bertz CT molecular complexity index is 1010. The predicted octanol–water partition coefficient (Wildman–Crippen LogP) is 4.36. The summed E-state index contributed by atoms with van der Waals surface area (Å²) in [5.74, 6) is -1.14. The summed E-state index contributed by atoms with van der Waals surface area (Å²) in [6, 6.07) is 11.2. The van der Waals surface area contributed by atoms with Crippen LogP contribution in [0.3, 0.4) is 0 Å². The van der Waals surface area contributed by atoms with Gasteiger partial charge in [0.2, 0.25) is 11.7 Å². The predicted molar refractivity (Wildman–Crippen MR) is 95.1 cm³/mol. The van der Waals surface area contributed by atoms with E-state index in [0.717, 1.165) is 0 Å². The molecule has 0 aliphatic heterocycles. The third kappa shape index (κ3) is 4.25. The van der Waals surface area contributed by atoms with E-state index in [1.165, 1.54) is 20.1 Å². The summed E-state index contributed by atoms with van der Waals surface area (Å²) in [6.07, 6.45) is -4.70. The molecule has 2 N–H and O–H groups in total. The lowest BCUT2D eigenvalue weighted by Crippen LogP contribution is -2.13. The summed E-state index contributed by atoms with van der Waals surface area (Å²) in [5, 5.41) is 5.87. The van der Waals surface area contributed by atoms with Crippen LogP contribution >= 0.6 is 0 Å². The summed E-state index contributed by atoms with van der Waals surface area (Å²) in [7, 11) is 1.42. The van der Waals surface area contributed by atoms with E-state index in [1.54, 1.807) is 36.4 Å². The molecule has 1 aromatic heterocycles. The number of halogens is 3. The smallest absolute Gasteiger partial charge is 0.451 e. The van der Waals surface area contributed by atoms with Crippen LogP contribution in [0.15, 0.2) is 42.5 Å². The molecule has 0 unspecified atom stereocenters. The van der Waals surface area contributed by atoms with Gasteiger partial charge in [-0.3, -0.25) is 4.79 Å². The molecule has 3 aromatic rings. The van der Waals surface area contributed by atoms with Gasteiger partial charge in [-0.2, -0.15) is 13.2 Å². The van der Waals surface area contributed by atoms with Gasteiger partial charge in [0.05, 0.1) is 12.6 Å². The molecule has 0 bridgehead atoms. The SMILES string of the molecule is COc1ccc2c(Nc3cccc(NC(C)=O)c3)nc(C(F)(F)F)nc2c1. The van der Waals surface area contributed by atoms with E-state index in [4.69, 9.17) is 4.74 Å². The molecule has 0 aliphatic carbocycles. The number of carbonyl (C=O) groups excluding carboxylic acids is 1. The van der Waals surface area contributed by atoms with Crippen LogP contribution in [0.2, 0.25) is 0 Å². The van der Waals surface area contributed by atoms with Crippen molar-refractivity contribution in [1.82, 2.24) is 9.97 Å². The Kier molecular flexibility index (Phi) is 4.85. The number of nitrogens with zero attached hydrogens (tertiary/aromatic N) is 2. The molecular formula is C18H15F3N4O2. The molecule has 0 saturated carbocycles. The van der Waals surface area contributed by atoms with Crippen LogP contribution in [-0.4, -0.2) is 23.0 Å². The Morgan fingerprint density at radius 2 is 1.81 bits per heavy atom. The third-order valence-corrected chi connectivity index (χ3v) is 3.60. The number of nitrogens with one attached hydrogen (secondary N) is 2. The Labute approximate surface area is 152 Å². The highest BCUT2D eigenvalue weighted by molar-refractivity contribution is 5.93. The number of ether oxygens (including phenoxy) is 1. The standard InChI is InChI=1S/C18H15F3N4O2/c1-10(26)22-11-4-3-5-12(8-11)23-16-14-7-6-13(27-2)9-15(14)24-17(25-16)18(19,20)21/h3-9H,1-2H3,(H,22,26)(H,23,24,25). The van der Waals surface area contributed by atoms with Gasteiger partial charge in [0, 0.05) is 29.8 Å². The van der Waals surface area contributed by atoms with Gasteiger partial charge in [0.1, 0.15) is 11.6 Å². The van der Waals surface area contributed by atoms with Gasteiger partial charge in [-0.25, -0.2) is 9.97 Å². The van der Waals surface area contributed by atoms with E-state index in [1.807, 2.05) is 0 Å². The molecule has 9 heteroatoms.